The van der Waals surface area contributed by atoms with E-state index in [0.717, 1.165) is 37.9 Å². The van der Waals surface area contributed by atoms with Crippen molar-refractivity contribution in [2.45, 2.75) is 46.0 Å². The predicted molar refractivity (Wildman–Crippen MR) is 53.6 cm³/mol. The van der Waals surface area contributed by atoms with E-state index in [1.54, 1.807) is 5.01 Å². The topological polar surface area (TPSA) is 32.7 Å². The van der Waals surface area contributed by atoms with Crippen LogP contribution >= 0.6 is 0 Å². The summed E-state index contributed by atoms with van der Waals surface area (Å²) in [6.07, 6.45) is 4.76. The highest BCUT2D eigenvalue weighted by Crippen LogP contribution is 2.12. The van der Waals surface area contributed by atoms with Gasteiger partial charge in [0.25, 0.3) is 0 Å². The monoisotopic (exact) mass is 182 g/mol. The molecule has 1 aliphatic heterocycles. The van der Waals surface area contributed by atoms with Gasteiger partial charge in [0.2, 0.25) is 5.91 Å². The van der Waals surface area contributed by atoms with Gasteiger partial charge >= 0.3 is 0 Å². The summed E-state index contributed by atoms with van der Waals surface area (Å²) in [4.78, 5) is 11.4. The molecule has 1 amide bonds. The first-order valence-electron chi connectivity index (χ1n) is 5.14. The maximum absolute atomic E-state index is 11.4. The van der Waals surface area contributed by atoms with Gasteiger partial charge in [-0.05, 0) is 12.8 Å². The normalized spacial score (nSPS) is 16.6. The van der Waals surface area contributed by atoms with E-state index in [0.29, 0.717) is 6.42 Å². The van der Waals surface area contributed by atoms with Crippen LogP contribution in [-0.4, -0.2) is 23.2 Å². The first kappa shape index (κ1) is 10.2. The number of hydrogen-bond acceptors (Lipinski definition) is 2. The number of carbonyl (C=O) groups is 1. The Morgan fingerprint density at radius 2 is 2.15 bits per heavy atom. The van der Waals surface area contributed by atoms with E-state index in [-0.39, 0.29) is 5.91 Å². The smallest absolute Gasteiger partial charge is 0.248 e. The molecule has 0 unspecified atom stereocenters. The summed E-state index contributed by atoms with van der Waals surface area (Å²) < 4.78 is 0. The summed E-state index contributed by atoms with van der Waals surface area (Å²) in [6, 6.07) is 0. The SMILES string of the molecule is CCCCN1N=C(CCC)CC1=O. The number of hydrazone groups is 1. The fourth-order valence-corrected chi connectivity index (χ4v) is 1.44. The van der Waals surface area contributed by atoms with Crippen molar-refractivity contribution in [2.75, 3.05) is 6.54 Å². The highest BCUT2D eigenvalue weighted by molar-refractivity contribution is 6.04. The molecule has 0 aromatic carbocycles. The van der Waals surface area contributed by atoms with E-state index >= 15 is 0 Å². The molecule has 0 aromatic rings. The molecular formula is C10H18N2O. The fraction of sp³-hybridized carbons (Fsp3) is 0.800. The molecule has 0 aliphatic carbocycles. The Morgan fingerprint density at radius 3 is 2.77 bits per heavy atom. The van der Waals surface area contributed by atoms with Crippen molar-refractivity contribution in [1.29, 1.82) is 0 Å². The van der Waals surface area contributed by atoms with Crippen molar-refractivity contribution in [1.82, 2.24) is 5.01 Å². The highest BCUT2D eigenvalue weighted by Gasteiger charge is 2.21. The third-order valence-electron chi connectivity index (χ3n) is 2.17. The van der Waals surface area contributed by atoms with Gasteiger partial charge in [-0.15, -0.1) is 0 Å². The van der Waals surface area contributed by atoms with Crippen LogP contribution in [0.5, 0.6) is 0 Å². The second-order valence-electron chi connectivity index (χ2n) is 3.46. The van der Waals surface area contributed by atoms with Gasteiger partial charge in [-0.25, -0.2) is 5.01 Å². The first-order valence-corrected chi connectivity index (χ1v) is 5.14. The molecule has 74 valence electrons. The van der Waals surface area contributed by atoms with Crippen molar-refractivity contribution in [3.63, 3.8) is 0 Å². The summed E-state index contributed by atoms with van der Waals surface area (Å²) >= 11 is 0. The fourth-order valence-electron chi connectivity index (χ4n) is 1.44. The molecule has 3 nitrogen and oxygen atoms in total. The molecule has 0 spiro atoms. The van der Waals surface area contributed by atoms with Crippen molar-refractivity contribution in [2.24, 2.45) is 5.10 Å². The number of rotatable bonds is 5. The van der Waals surface area contributed by atoms with E-state index in [1.165, 1.54) is 0 Å². The number of carbonyl (C=O) groups excluding carboxylic acids is 1. The average molecular weight is 182 g/mol. The van der Waals surface area contributed by atoms with E-state index in [9.17, 15) is 4.79 Å². The zero-order chi connectivity index (χ0) is 9.68. The molecule has 0 saturated carbocycles. The lowest BCUT2D eigenvalue weighted by Gasteiger charge is -2.09. The van der Waals surface area contributed by atoms with E-state index < -0.39 is 0 Å². The quantitative estimate of drug-likeness (QED) is 0.641. The summed E-state index contributed by atoms with van der Waals surface area (Å²) in [7, 11) is 0. The predicted octanol–water partition coefficient (Wildman–Crippen LogP) is 2.17. The van der Waals surface area contributed by atoms with E-state index in [1.807, 2.05) is 0 Å². The molecule has 0 aromatic heterocycles. The van der Waals surface area contributed by atoms with Crippen molar-refractivity contribution >= 4 is 11.6 Å². The number of amides is 1. The summed E-state index contributed by atoms with van der Waals surface area (Å²) in [5.41, 5.74) is 1.06. The van der Waals surface area contributed by atoms with Crippen LogP contribution in [0.25, 0.3) is 0 Å². The molecule has 0 saturated heterocycles. The molecule has 13 heavy (non-hydrogen) atoms. The number of unbranched alkanes of at least 4 members (excludes halogenated alkanes) is 1. The van der Waals surface area contributed by atoms with Gasteiger partial charge in [0, 0.05) is 12.3 Å². The van der Waals surface area contributed by atoms with Gasteiger partial charge in [-0.2, -0.15) is 5.10 Å². The lowest BCUT2D eigenvalue weighted by Crippen LogP contribution is -2.21. The summed E-state index contributed by atoms with van der Waals surface area (Å²) in [5, 5.41) is 5.93. The molecular weight excluding hydrogens is 164 g/mol. The molecule has 1 heterocycles. The third-order valence-corrected chi connectivity index (χ3v) is 2.17. The zero-order valence-electron chi connectivity index (χ0n) is 8.55. The van der Waals surface area contributed by atoms with Crippen LogP contribution < -0.4 is 0 Å². The van der Waals surface area contributed by atoms with E-state index in [4.69, 9.17) is 0 Å². The first-order chi connectivity index (χ1) is 6.27. The minimum atomic E-state index is 0.178. The lowest BCUT2D eigenvalue weighted by atomic mass is 10.2. The molecule has 0 bridgehead atoms. The molecule has 0 radical (unpaired) electrons. The van der Waals surface area contributed by atoms with Crippen LogP contribution in [-0.2, 0) is 4.79 Å². The Morgan fingerprint density at radius 1 is 1.38 bits per heavy atom. The van der Waals surface area contributed by atoms with Crippen LogP contribution in [0, 0.1) is 0 Å². The molecule has 0 fully saturated rings. The third kappa shape index (κ3) is 2.83. The zero-order valence-corrected chi connectivity index (χ0v) is 8.55. The Hall–Kier alpha value is -0.860. The summed E-state index contributed by atoms with van der Waals surface area (Å²) in [6.45, 7) is 5.03. The Bertz CT molecular complexity index is 211. The van der Waals surface area contributed by atoms with Gasteiger partial charge < -0.3 is 0 Å². The van der Waals surface area contributed by atoms with Gasteiger partial charge in [-0.1, -0.05) is 26.7 Å². The highest BCUT2D eigenvalue weighted by atomic mass is 16.2. The molecule has 0 N–H and O–H groups in total. The standard InChI is InChI=1S/C10H18N2O/c1-3-5-7-12-10(13)8-9(11-12)6-4-2/h3-8H2,1-2H3. The van der Waals surface area contributed by atoms with Crippen LogP contribution in [0.2, 0.25) is 0 Å². The van der Waals surface area contributed by atoms with Crippen molar-refractivity contribution < 1.29 is 4.79 Å². The number of nitrogens with zero attached hydrogens (tertiary/aromatic N) is 2. The molecule has 1 rings (SSSR count). The molecule has 3 heteroatoms. The number of hydrogen-bond donors (Lipinski definition) is 0. The van der Waals surface area contributed by atoms with Crippen LogP contribution in [0.3, 0.4) is 0 Å². The maximum atomic E-state index is 11.4. The minimum absolute atomic E-state index is 0.178. The second kappa shape index (κ2) is 5.00. The maximum Gasteiger partial charge on any atom is 0.248 e. The molecule has 0 atom stereocenters. The average Bonchev–Trinajstić information content (AvgIpc) is 2.44. The van der Waals surface area contributed by atoms with Gasteiger partial charge in [-0.3, -0.25) is 4.79 Å². The summed E-state index contributed by atoms with van der Waals surface area (Å²) in [5.74, 6) is 0.178. The van der Waals surface area contributed by atoms with E-state index in [2.05, 4.69) is 18.9 Å². The van der Waals surface area contributed by atoms with Gasteiger partial charge in [0.15, 0.2) is 0 Å². The van der Waals surface area contributed by atoms with Crippen molar-refractivity contribution in [3.8, 4) is 0 Å². The lowest BCUT2D eigenvalue weighted by molar-refractivity contribution is -0.128. The Labute approximate surface area is 79.8 Å². The van der Waals surface area contributed by atoms with Crippen LogP contribution in [0.15, 0.2) is 5.10 Å². The minimum Gasteiger partial charge on any atom is -0.273 e. The molecule has 1 aliphatic rings. The Kier molecular flexibility index (Phi) is 3.93. The van der Waals surface area contributed by atoms with Crippen LogP contribution in [0.1, 0.15) is 46.0 Å². The van der Waals surface area contributed by atoms with Gasteiger partial charge in [0.05, 0.1) is 6.42 Å². The van der Waals surface area contributed by atoms with Gasteiger partial charge in [0.1, 0.15) is 0 Å². The largest absolute Gasteiger partial charge is 0.273 e. The Balaban J connectivity index is 2.41. The van der Waals surface area contributed by atoms with Crippen molar-refractivity contribution in [3.05, 3.63) is 0 Å². The van der Waals surface area contributed by atoms with Crippen LogP contribution in [0.4, 0.5) is 0 Å². The second-order valence-corrected chi connectivity index (χ2v) is 3.46.